The molecule has 0 bridgehead atoms. The van der Waals surface area contributed by atoms with Gasteiger partial charge >= 0.3 is 12.3 Å². The van der Waals surface area contributed by atoms with Gasteiger partial charge in [0, 0.05) is 6.04 Å². The van der Waals surface area contributed by atoms with Crippen LogP contribution < -0.4 is 14.8 Å². The summed E-state index contributed by atoms with van der Waals surface area (Å²) in [4.78, 5) is 0. The highest BCUT2D eigenvalue weighted by Gasteiger charge is 2.40. The molecule has 0 radical (unpaired) electrons. The maximum absolute atomic E-state index is 13.0. The lowest BCUT2D eigenvalue weighted by Crippen LogP contribution is -2.40. The smallest absolute Gasteiger partial charge is 0.319 e. The van der Waals surface area contributed by atoms with E-state index in [1.165, 1.54) is 14.2 Å². The fraction of sp³-hybridized carbons (Fsp3) is 0.571. The molecule has 1 rings (SSSR count). The minimum Gasteiger partial charge on any atom is -0.493 e. The Kier molecular flexibility index (Phi) is 6.26. The molecular formula is C14H19F4NO2. The van der Waals surface area contributed by atoms with E-state index < -0.39 is 24.9 Å². The maximum atomic E-state index is 13.0. The summed E-state index contributed by atoms with van der Waals surface area (Å²) >= 11 is 0. The second kappa shape index (κ2) is 7.49. The number of ether oxygens (including phenoxy) is 2. The molecule has 1 N–H and O–H groups in total. The monoisotopic (exact) mass is 309 g/mol. The van der Waals surface area contributed by atoms with Crippen molar-refractivity contribution in [2.24, 2.45) is 0 Å². The Bertz CT molecular complexity index is 455. The second-order valence-electron chi connectivity index (χ2n) is 4.52. The van der Waals surface area contributed by atoms with E-state index in [1.54, 1.807) is 25.1 Å². The molecule has 0 fully saturated rings. The lowest BCUT2D eigenvalue weighted by Gasteiger charge is -2.22. The summed E-state index contributed by atoms with van der Waals surface area (Å²) in [6.07, 6.45) is -3.22. The van der Waals surface area contributed by atoms with Crippen LogP contribution in [-0.2, 0) is 0 Å². The fourth-order valence-corrected chi connectivity index (χ4v) is 1.90. The minimum atomic E-state index is -4.05. The van der Waals surface area contributed by atoms with Crippen molar-refractivity contribution in [3.8, 4) is 11.5 Å². The van der Waals surface area contributed by atoms with Crippen LogP contribution in [0.3, 0.4) is 0 Å². The Morgan fingerprint density at radius 3 is 2.24 bits per heavy atom. The Morgan fingerprint density at radius 2 is 1.76 bits per heavy atom. The second-order valence-corrected chi connectivity index (χ2v) is 4.52. The largest absolute Gasteiger partial charge is 0.493 e. The van der Waals surface area contributed by atoms with Crippen molar-refractivity contribution in [1.29, 1.82) is 0 Å². The van der Waals surface area contributed by atoms with E-state index in [2.05, 4.69) is 5.32 Å². The average Bonchev–Trinajstić information content (AvgIpc) is 2.47. The fourth-order valence-electron chi connectivity index (χ4n) is 1.90. The number of hydrogen-bond acceptors (Lipinski definition) is 3. The number of rotatable bonds is 8. The van der Waals surface area contributed by atoms with Gasteiger partial charge in [-0.3, -0.25) is 0 Å². The summed E-state index contributed by atoms with van der Waals surface area (Å²) in [5.41, 5.74) is 0.667. The van der Waals surface area contributed by atoms with Crippen LogP contribution in [0.4, 0.5) is 17.6 Å². The molecule has 0 amide bonds. The number of hydrogen-bond donors (Lipinski definition) is 1. The molecule has 0 heterocycles. The standard InChI is InChI=1S/C14H19F4NO2/c1-4-10(19-8-14(17,18)13(15)16)9-5-6-11(20-2)12(7-9)21-3/h5-7,10,13,19H,4,8H2,1-3H3. The SMILES string of the molecule is CCC(NCC(F)(F)C(F)F)c1ccc(OC)c(OC)c1. The van der Waals surface area contributed by atoms with Gasteiger partial charge < -0.3 is 14.8 Å². The van der Waals surface area contributed by atoms with E-state index in [0.717, 1.165) is 0 Å². The van der Waals surface area contributed by atoms with E-state index in [-0.39, 0.29) is 0 Å². The molecule has 1 aromatic carbocycles. The van der Waals surface area contributed by atoms with E-state index in [4.69, 9.17) is 9.47 Å². The first-order valence-corrected chi connectivity index (χ1v) is 6.47. The first-order valence-electron chi connectivity index (χ1n) is 6.47. The highest BCUT2D eigenvalue weighted by Crippen LogP contribution is 2.31. The van der Waals surface area contributed by atoms with Gasteiger partial charge in [-0.15, -0.1) is 0 Å². The molecule has 0 aliphatic carbocycles. The lowest BCUT2D eigenvalue weighted by atomic mass is 10.0. The van der Waals surface area contributed by atoms with Gasteiger partial charge in [-0.05, 0) is 24.1 Å². The molecule has 1 atom stereocenters. The van der Waals surface area contributed by atoms with Gasteiger partial charge in [-0.2, -0.15) is 8.78 Å². The van der Waals surface area contributed by atoms with Crippen molar-refractivity contribution < 1.29 is 27.0 Å². The molecule has 1 aromatic rings. The van der Waals surface area contributed by atoms with Gasteiger partial charge in [0.25, 0.3) is 0 Å². The number of nitrogens with one attached hydrogen (secondary N) is 1. The summed E-state index contributed by atoms with van der Waals surface area (Å²) in [6.45, 7) is 0.687. The van der Waals surface area contributed by atoms with Crippen LogP contribution in [0.1, 0.15) is 24.9 Å². The van der Waals surface area contributed by atoms with Crippen LogP contribution >= 0.6 is 0 Å². The quantitative estimate of drug-likeness (QED) is 0.744. The van der Waals surface area contributed by atoms with Crippen molar-refractivity contribution in [3.05, 3.63) is 23.8 Å². The predicted molar refractivity (Wildman–Crippen MR) is 71.5 cm³/mol. The third kappa shape index (κ3) is 4.49. The zero-order chi connectivity index (χ0) is 16.0. The average molecular weight is 309 g/mol. The van der Waals surface area contributed by atoms with E-state index >= 15 is 0 Å². The van der Waals surface area contributed by atoms with Crippen molar-refractivity contribution >= 4 is 0 Å². The van der Waals surface area contributed by atoms with Gasteiger partial charge in [0.2, 0.25) is 0 Å². The van der Waals surface area contributed by atoms with Gasteiger partial charge in [-0.1, -0.05) is 13.0 Å². The highest BCUT2D eigenvalue weighted by atomic mass is 19.3. The molecule has 1 unspecified atom stereocenters. The van der Waals surface area contributed by atoms with Crippen LogP contribution in [-0.4, -0.2) is 33.1 Å². The summed E-state index contributed by atoms with van der Waals surface area (Å²) in [6, 6.07) is 4.49. The summed E-state index contributed by atoms with van der Waals surface area (Å²) in [5, 5.41) is 2.47. The lowest BCUT2D eigenvalue weighted by molar-refractivity contribution is -0.126. The Labute approximate surface area is 121 Å². The van der Waals surface area contributed by atoms with E-state index in [0.29, 0.717) is 23.5 Å². The van der Waals surface area contributed by atoms with Crippen molar-refractivity contribution in [2.45, 2.75) is 31.7 Å². The van der Waals surface area contributed by atoms with Crippen molar-refractivity contribution in [2.75, 3.05) is 20.8 Å². The van der Waals surface area contributed by atoms with Gasteiger partial charge in [0.15, 0.2) is 11.5 Å². The first-order chi connectivity index (χ1) is 9.85. The predicted octanol–water partition coefficient (Wildman–Crippen LogP) is 3.64. The van der Waals surface area contributed by atoms with Gasteiger partial charge in [-0.25, -0.2) is 8.78 Å². The number of benzene rings is 1. The molecule has 3 nitrogen and oxygen atoms in total. The van der Waals surface area contributed by atoms with Crippen LogP contribution in [0, 0.1) is 0 Å². The number of methoxy groups -OCH3 is 2. The highest BCUT2D eigenvalue weighted by molar-refractivity contribution is 5.43. The van der Waals surface area contributed by atoms with Crippen LogP contribution in [0.5, 0.6) is 11.5 Å². The van der Waals surface area contributed by atoms with Crippen LogP contribution in [0.2, 0.25) is 0 Å². The molecule has 0 spiro atoms. The van der Waals surface area contributed by atoms with E-state index in [9.17, 15) is 17.6 Å². The van der Waals surface area contributed by atoms with Crippen LogP contribution in [0.25, 0.3) is 0 Å². The summed E-state index contributed by atoms with van der Waals surface area (Å²) < 4.78 is 60.5. The first kappa shape index (κ1) is 17.6. The summed E-state index contributed by atoms with van der Waals surface area (Å²) in [5.74, 6) is -3.09. The summed E-state index contributed by atoms with van der Waals surface area (Å²) in [7, 11) is 2.94. The van der Waals surface area contributed by atoms with Gasteiger partial charge in [0.1, 0.15) is 0 Å². The molecule has 0 aliphatic heterocycles. The minimum absolute atomic E-state index is 0.455. The van der Waals surface area contributed by atoms with Crippen LogP contribution in [0.15, 0.2) is 18.2 Å². The Hall–Kier alpha value is -1.50. The van der Waals surface area contributed by atoms with Crippen molar-refractivity contribution in [3.63, 3.8) is 0 Å². The topological polar surface area (TPSA) is 30.5 Å². The number of alkyl halides is 4. The third-order valence-electron chi connectivity index (χ3n) is 3.12. The van der Waals surface area contributed by atoms with E-state index in [1.807, 2.05) is 0 Å². The molecule has 120 valence electrons. The molecule has 0 aliphatic rings. The molecule has 0 aromatic heterocycles. The van der Waals surface area contributed by atoms with Crippen molar-refractivity contribution in [1.82, 2.24) is 5.32 Å². The molecule has 0 saturated heterocycles. The molecule has 7 heteroatoms. The molecular weight excluding hydrogens is 290 g/mol. The Morgan fingerprint density at radius 1 is 1.14 bits per heavy atom. The zero-order valence-corrected chi connectivity index (χ0v) is 12.1. The molecule has 0 saturated carbocycles. The third-order valence-corrected chi connectivity index (χ3v) is 3.12. The van der Waals surface area contributed by atoms with Gasteiger partial charge in [0.05, 0.1) is 20.8 Å². The zero-order valence-electron chi connectivity index (χ0n) is 12.1. The number of halogens is 4. The normalized spacial score (nSPS) is 13.3. The maximum Gasteiger partial charge on any atom is 0.319 e. The Balaban J connectivity index is 2.85. The molecule has 21 heavy (non-hydrogen) atoms.